The Morgan fingerprint density at radius 1 is 1.04 bits per heavy atom. The van der Waals surface area contributed by atoms with Gasteiger partial charge >= 0.3 is 0 Å². The number of hydrogen-bond donors (Lipinski definition) is 1. The van der Waals surface area contributed by atoms with Gasteiger partial charge in [0.05, 0.1) is 11.6 Å². The molecular formula is C23H25NO3. The molecule has 2 aromatic rings. The minimum absolute atomic E-state index is 0.137. The lowest BCUT2D eigenvalue weighted by molar-refractivity contribution is -0.118. The van der Waals surface area contributed by atoms with Crippen LogP contribution in [0, 0.1) is 19.8 Å². The van der Waals surface area contributed by atoms with E-state index in [0.29, 0.717) is 5.69 Å². The Labute approximate surface area is 160 Å². The molecular weight excluding hydrogens is 338 g/mol. The predicted octanol–water partition coefficient (Wildman–Crippen LogP) is 4.82. The van der Waals surface area contributed by atoms with Crippen molar-refractivity contribution in [3.63, 3.8) is 0 Å². The zero-order valence-corrected chi connectivity index (χ0v) is 16.2. The number of amides is 1. The van der Waals surface area contributed by atoms with Gasteiger partial charge in [-0.05, 0) is 42.5 Å². The molecule has 0 fully saturated rings. The van der Waals surface area contributed by atoms with Gasteiger partial charge in [-0.3, -0.25) is 14.5 Å². The topological polar surface area (TPSA) is 57.6 Å². The number of aliphatic hydroxyl groups excluding tert-OH is 1. The van der Waals surface area contributed by atoms with Gasteiger partial charge in [-0.1, -0.05) is 56.3 Å². The number of rotatable bonds is 5. The number of aryl methyl sites for hydroxylation is 2. The Hall–Kier alpha value is -2.88. The second-order valence-electron chi connectivity index (χ2n) is 7.50. The number of aliphatic hydroxyl groups is 1. The summed E-state index contributed by atoms with van der Waals surface area (Å²) in [5.41, 5.74) is 3.64. The number of para-hydroxylation sites is 1. The molecule has 2 aromatic carbocycles. The van der Waals surface area contributed by atoms with Crippen LogP contribution in [0.15, 0.2) is 59.9 Å². The number of Topliss-reactive ketones (excluding diaryl/α,β-unsaturated/α-hetero) is 1. The van der Waals surface area contributed by atoms with Gasteiger partial charge in [0.1, 0.15) is 0 Å². The smallest absolute Gasteiger partial charge is 0.294 e. The maximum atomic E-state index is 13.0. The van der Waals surface area contributed by atoms with Crippen LogP contribution in [0.2, 0.25) is 0 Å². The van der Waals surface area contributed by atoms with Crippen LogP contribution in [0.3, 0.4) is 0 Å². The molecule has 0 radical (unpaired) electrons. The number of carbonyl (C=O) groups is 2. The summed E-state index contributed by atoms with van der Waals surface area (Å²) in [6.45, 7) is 7.78. The van der Waals surface area contributed by atoms with Crippen molar-refractivity contribution in [3.05, 3.63) is 76.6 Å². The van der Waals surface area contributed by atoms with Gasteiger partial charge in [-0.15, -0.1) is 0 Å². The van der Waals surface area contributed by atoms with Crippen molar-refractivity contribution in [1.29, 1.82) is 0 Å². The molecule has 0 saturated heterocycles. The zero-order chi connectivity index (χ0) is 19.7. The van der Waals surface area contributed by atoms with Gasteiger partial charge in [-0.2, -0.15) is 0 Å². The summed E-state index contributed by atoms with van der Waals surface area (Å²) in [5, 5.41) is 10.7. The van der Waals surface area contributed by atoms with E-state index in [0.717, 1.165) is 16.7 Å². The SMILES string of the molecule is Cc1ccccc1C1C(C(=O)CC(C)C)=C(O)C(=O)N1c1ccccc1C. The first kappa shape index (κ1) is 18.9. The van der Waals surface area contributed by atoms with E-state index >= 15 is 0 Å². The van der Waals surface area contributed by atoms with Crippen molar-refractivity contribution in [2.24, 2.45) is 5.92 Å². The molecule has 1 N–H and O–H groups in total. The maximum Gasteiger partial charge on any atom is 0.294 e. The summed E-state index contributed by atoms with van der Waals surface area (Å²) in [4.78, 5) is 27.5. The highest BCUT2D eigenvalue weighted by Gasteiger charge is 2.44. The van der Waals surface area contributed by atoms with E-state index in [1.54, 1.807) is 4.90 Å². The minimum atomic E-state index is -0.619. The van der Waals surface area contributed by atoms with Crippen LogP contribution in [0.25, 0.3) is 0 Å². The third-order valence-electron chi connectivity index (χ3n) is 4.96. The summed E-state index contributed by atoms with van der Waals surface area (Å²) in [6.07, 6.45) is 0.288. The highest BCUT2D eigenvalue weighted by atomic mass is 16.3. The molecule has 1 aliphatic heterocycles. The fourth-order valence-corrected chi connectivity index (χ4v) is 3.64. The molecule has 0 aliphatic carbocycles. The molecule has 1 aliphatic rings. The summed E-state index contributed by atoms with van der Waals surface area (Å²) in [5.74, 6) is -1.00. The van der Waals surface area contributed by atoms with E-state index in [-0.39, 0.29) is 23.7 Å². The van der Waals surface area contributed by atoms with Crippen LogP contribution in [-0.2, 0) is 9.59 Å². The van der Waals surface area contributed by atoms with Crippen molar-refractivity contribution in [1.82, 2.24) is 0 Å². The van der Waals surface area contributed by atoms with Crippen molar-refractivity contribution < 1.29 is 14.7 Å². The maximum absolute atomic E-state index is 13.0. The summed E-state index contributed by atoms with van der Waals surface area (Å²) in [6, 6.07) is 14.6. The standard InChI is InChI=1S/C23H25NO3/c1-14(2)13-19(25)20-21(17-11-7-5-9-15(17)3)24(23(27)22(20)26)18-12-8-6-10-16(18)4/h5-12,14,21,26H,13H2,1-4H3. The first-order valence-corrected chi connectivity index (χ1v) is 9.24. The average Bonchev–Trinajstić information content (AvgIpc) is 2.87. The lowest BCUT2D eigenvalue weighted by Crippen LogP contribution is -2.32. The van der Waals surface area contributed by atoms with E-state index in [4.69, 9.17) is 0 Å². The third kappa shape index (κ3) is 3.39. The van der Waals surface area contributed by atoms with E-state index in [1.807, 2.05) is 76.2 Å². The Kier molecular flexibility index (Phi) is 5.17. The van der Waals surface area contributed by atoms with Crippen molar-refractivity contribution in [2.75, 3.05) is 4.90 Å². The first-order chi connectivity index (χ1) is 12.8. The number of anilines is 1. The average molecular weight is 363 g/mol. The molecule has 3 rings (SSSR count). The van der Waals surface area contributed by atoms with Crippen LogP contribution < -0.4 is 4.90 Å². The molecule has 0 aromatic heterocycles. The van der Waals surface area contributed by atoms with Crippen LogP contribution in [0.5, 0.6) is 0 Å². The number of ketones is 1. The van der Waals surface area contributed by atoms with Crippen LogP contribution in [0.4, 0.5) is 5.69 Å². The van der Waals surface area contributed by atoms with E-state index in [2.05, 4.69) is 0 Å². The molecule has 1 heterocycles. The Bertz CT molecular complexity index is 927. The van der Waals surface area contributed by atoms with Gasteiger partial charge < -0.3 is 5.11 Å². The Morgan fingerprint density at radius 3 is 2.22 bits per heavy atom. The zero-order valence-electron chi connectivity index (χ0n) is 16.2. The number of hydrogen-bond acceptors (Lipinski definition) is 3. The molecule has 4 nitrogen and oxygen atoms in total. The molecule has 140 valence electrons. The second kappa shape index (κ2) is 7.39. The van der Waals surface area contributed by atoms with Gasteiger partial charge in [0.15, 0.2) is 11.5 Å². The number of benzene rings is 2. The molecule has 27 heavy (non-hydrogen) atoms. The number of nitrogens with zero attached hydrogens (tertiary/aromatic N) is 1. The second-order valence-corrected chi connectivity index (χ2v) is 7.50. The molecule has 1 amide bonds. The highest BCUT2D eigenvalue weighted by molar-refractivity contribution is 6.16. The minimum Gasteiger partial charge on any atom is -0.503 e. The fraction of sp³-hybridized carbons (Fsp3) is 0.304. The monoisotopic (exact) mass is 363 g/mol. The van der Waals surface area contributed by atoms with Crippen molar-refractivity contribution >= 4 is 17.4 Å². The fourth-order valence-electron chi connectivity index (χ4n) is 3.64. The van der Waals surface area contributed by atoms with E-state index in [9.17, 15) is 14.7 Å². The summed E-state index contributed by atoms with van der Waals surface area (Å²) in [7, 11) is 0. The lowest BCUT2D eigenvalue weighted by Gasteiger charge is -2.29. The Morgan fingerprint density at radius 2 is 1.63 bits per heavy atom. The largest absolute Gasteiger partial charge is 0.503 e. The van der Waals surface area contributed by atoms with Crippen LogP contribution in [0.1, 0.15) is 43.0 Å². The summed E-state index contributed by atoms with van der Waals surface area (Å²) < 4.78 is 0. The van der Waals surface area contributed by atoms with Crippen LogP contribution >= 0.6 is 0 Å². The van der Waals surface area contributed by atoms with Crippen molar-refractivity contribution in [3.8, 4) is 0 Å². The third-order valence-corrected chi connectivity index (χ3v) is 4.96. The quantitative estimate of drug-likeness (QED) is 0.829. The molecule has 0 bridgehead atoms. The van der Waals surface area contributed by atoms with E-state index < -0.39 is 17.7 Å². The number of carbonyl (C=O) groups excluding carboxylic acids is 2. The van der Waals surface area contributed by atoms with E-state index in [1.165, 1.54) is 0 Å². The highest BCUT2D eigenvalue weighted by Crippen LogP contribution is 2.43. The Balaban J connectivity index is 2.21. The molecule has 0 saturated carbocycles. The normalized spacial score (nSPS) is 17.1. The predicted molar refractivity (Wildman–Crippen MR) is 107 cm³/mol. The van der Waals surface area contributed by atoms with Gasteiger partial charge in [0.2, 0.25) is 0 Å². The summed E-state index contributed by atoms with van der Waals surface area (Å²) >= 11 is 0. The van der Waals surface area contributed by atoms with Gasteiger partial charge in [0, 0.05) is 12.1 Å². The molecule has 1 atom stereocenters. The first-order valence-electron chi connectivity index (χ1n) is 9.24. The molecule has 1 unspecified atom stereocenters. The van der Waals surface area contributed by atoms with Crippen LogP contribution in [-0.4, -0.2) is 16.8 Å². The van der Waals surface area contributed by atoms with Crippen molar-refractivity contribution in [2.45, 2.75) is 40.2 Å². The molecule has 4 heteroatoms. The molecule has 0 spiro atoms. The van der Waals surface area contributed by atoms with Gasteiger partial charge in [-0.25, -0.2) is 0 Å². The lowest BCUT2D eigenvalue weighted by atomic mass is 9.90. The van der Waals surface area contributed by atoms with Gasteiger partial charge in [0.25, 0.3) is 5.91 Å².